The van der Waals surface area contributed by atoms with Crippen LogP contribution in [0.3, 0.4) is 0 Å². The Balaban J connectivity index is 1.60. The number of fused-ring (bicyclic) bond motifs is 1. The Bertz CT molecular complexity index is 749. The third-order valence-electron chi connectivity index (χ3n) is 2.99. The van der Waals surface area contributed by atoms with Crippen LogP contribution in [0.25, 0.3) is 10.2 Å². The van der Waals surface area contributed by atoms with E-state index < -0.39 is 0 Å². The van der Waals surface area contributed by atoms with Crippen LogP contribution < -0.4 is 10.3 Å². The van der Waals surface area contributed by atoms with Crippen LogP contribution in [-0.2, 0) is 6.54 Å². The topological polar surface area (TPSA) is 44.1 Å². The number of benzene rings is 1. The van der Waals surface area contributed by atoms with Gasteiger partial charge in [0.2, 0.25) is 0 Å². The summed E-state index contributed by atoms with van der Waals surface area (Å²) in [5.74, 6) is 0.853. The van der Waals surface area contributed by atoms with Gasteiger partial charge in [-0.1, -0.05) is 18.2 Å². The van der Waals surface area contributed by atoms with Gasteiger partial charge in [-0.15, -0.1) is 11.3 Å². The molecule has 0 unspecified atom stereocenters. The summed E-state index contributed by atoms with van der Waals surface area (Å²) in [5, 5.41) is 1.89. The molecular weight excluding hydrogens is 272 g/mol. The minimum Gasteiger partial charge on any atom is -0.494 e. The van der Waals surface area contributed by atoms with Crippen molar-refractivity contribution in [3.05, 3.63) is 58.5 Å². The lowest BCUT2D eigenvalue weighted by Gasteiger charge is -2.07. The molecule has 0 aliphatic carbocycles. The van der Waals surface area contributed by atoms with Gasteiger partial charge in [-0.2, -0.15) is 0 Å². The van der Waals surface area contributed by atoms with Gasteiger partial charge in [-0.25, -0.2) is 4.98 Å². The number of nitrogens with zero attached hydrogens (tertiary/aromatic N) is 2. The second-order valence-corrected chi connectivity index (χ2v) is 5.31. The van der Waals surface area contributed by atoms with E-state index in [9.17, 15) is 4.79 Å². The van der Waals surface area contributed by atoms with Gasteiger partial charge in [-0.05, 0) is 30.0 Å². The van der Waals surface area contributed by atoms with Crippen LogP contribution in [0.1, 0.15) is 6.42 Å². The van der Waals surface area contributed by atoms with Crippen molar-refractivity contribution in [3.63, 3.8) is 0 Å². The summed E-state index contributed by atoms with van der Waals surface area (Å²) in [6, 6.07) is 11.5. The molecule has 5 heteroatoms. The molecule has 102 valence electrons. The quantitative estimate of drug-likeness (QED) is 0.677. The molecular formula is C15H14N2O2S. The molecule has 0 amide bonds. The van der Waals surface area contributed by atoms with Crippen molar-refractivity contribution in [3.8, 4) is 5.75 Å². The maximum atomic E-state index is 12.1. The number of hydrogen-bond acceptors (Lipinski definition) is 4. The van der Waals surface area contributed by atoms with Gasteiger partial charge in [0, 0.05) is 6.54 Å². The lowest BCUT2D eigenvalue weighted by molar-refractivity contribution is 0.301. The van der Waals surface area contributed by atoms with E-state index >= 15 is 0 Å². The molecule has 0 saturated carbocycles. The van der Waals surface area contributed by atoms with E-state index in [2.05, 4.69) is 4.98 Å². The molecule has 0 saturated heterocycles. The Morgan fingerprint density at radius 1 is 1.20 bits per heavy atom. The number of ether oxygens (including phenoxy) is 1. The van der Waals surface area contributed by atoms with Crippen molar-refractivity contribution >= 4 is 21.6 Å². The summed E-state index contributed by atoms with van der Waals surface area (Å²) in [6.07, 6.45) is 2.38. The molecule has 0 aliphatic heterocycles. The van der Waals surface area contributed by atoms with Crippen molar-refractivity contribution in [2.24, 2.45) is 0 Å². The van der Waals surface area contributed by atoms with Crippen LogP contribution in [-0.4, -0.2) is 16.2 Å². The van der Waals surface area contributed by atoms with Gasteiger partial charge in [0.25, 0.3) is 5.56 Å². The highest BCUT2D eigenvalue weighted by atomic mass is 32.1. The zero-order valence-corrected chi connectivity index (χ0v) is 11.7. The Hall–Kier alpha value is -2.14. The molecule has 0 N–H and O–H groups in total. The summed E-state index contributed by atoms with van der Waals surface area (Å²) in [5.41, 5.74) is 0.807. The fourth-order valence-corrected chi connectivity index (χ4v) is 2.77. The molecule has 2 aromatic heterocycles. The number of rotatable bonds is 5. The first kappa shape index (κ1) is 12.9. The first-order chi connectivity index (χ1) is 9.84. The van der Waals surface area contributed by atoms with E-state index in [0.29, 0.717) is 13.2 Å². The zero-order valence-electron chi connectivity index (χ0n) is 10.9. The van der Waals surface area contributed by atoms with E-state index in [1.165, 1.54) is 11.3 Å². The van der Waals surface area contributed by atoms with Crippen LogP contribution in [0.2, 0.25) is 0 Å². The Labute approximate surface area is 120 Å². The monoisotopic (exact) mass is 286 g/mol. The molecule has 0 bridgehead atoms. The highest BCUT2D eigenvalue weighted by Crippen LogP contribution is 2.13. The first-order valence-electron chi connectivity index (χ1n) is 6.45. The van der Waals surface area contributed by atoms with Crippen LogP contribution in [0.15, 0.2) is 52.9 Å². The fraction of sp³-hybridized carbons (Fsp3) is 0.200. The van der Waals surface area contributed by atoms with Gasteiger partial charge in [0.15, 0.2) is 0 Å². The second kappa shape index (κ2) is 5.88. The number of thiophene rings is 1. The molecule has 2 heterocycles. The predicted octanol–water partition coefficient (Wildman–Crippen LogP) is 2.93. The zero-order chi connectivity index (χ0) is 13.8. The summed E-state index contributed by atoms with van der Waals surface area (Å²) in [7, 11) is 0. The fourth-order valence-electron chi connectivity index (χ4n) is 1.98. The number of aryl methyl sites for hydroxylation is 1. The van der Waals surface area contributed by atoms with Crippen LogP contribution >= 0.6 is 11.3 Å². The Kier molecular flexibility index (Phi) is 3.78. The lowest BCUT2D eigenvalue weighted by atomic mass is 10.3. The van der Waals surface area contributed by atoms with E-state index in [-0.39, 0.29) is 5.56 Å². The number of para-hydroxylation sites is 1. The van der Waals surface area contributed by atoms with Gasteiger partial charge in [-0.3, -0.25) is 9.36 Å². The first-order valence-corrected chi connectivity index (χ1v) is 7.33. The van der Waals surface area contributed by atoms with E-state index in [0.717, 1.165) is 22.4 Å². The van der Waals surface area contributed by atoms with E-state index in [1.807, 2.05) is 41.8 Å². The third-order valence-corrected chi connectivity index (χ3v) is 3.88. The maximum Gasteiger partial charge on any atom is 0.271 e. The number of hydrogen-bond donors (Lipinski definition) is 0. The molecule has 3 rings (SSSR count). The van der Waals surface area contributed by atoms with Gasteiger partial charge in [0.05, 0.1) is 18.5 Å². The maximum absolute atomic E-state index is 12.1. The highest BCUT2D eigenvalue weighted by molar-refractivity contribution is 7.17. The Morgan fingerprint density at radius 3 is 2.90 bits per heavy atom. The van der Waals surface area contributed by atoms with E-state index in [1.54, 1.807) is 10.9 Å². The summed E-state index contributed by atoms with van der Waals surface area (Å²) in [6.45, 7) is 1.20. The highest BCUT2D eigenvalue weighted by Gasteiger charge is 2.04. The van der Waals surface area contributed by atoms with Crippen molar-refractivity contribution in [1.29, 1.82) is 0 Å². The molecule has 0 atom stereocenters. The molecule has 4 nitrogen and oxygen atoms in total. The summed E-state index contributed by atoms with van der Waals surface area (Å²) in [4.78, 5) is 16.4. The van der Waals surface area contributed by atoms with Crippen LogP contribution in [0.4, 0.5) is 0 Å². The average molecular weight is 286 g/mol. The van der Waals surface area contributed by atoms with Gasteiger partial charge < -0.3 is 4.74 Å². The largest absolute Gasteiger partial charge is 0.494 e. The molecule has 0 radical (unpaired) electrons. The Morgan fingerprint density at radius 2 is 2.05 bits per heavy atom. The van der Waals surface area contributed by atoms with Crippen molar-refractivity contribution < 1.29 is 4.74 Å². The normalized spacial score (nSPS) is 10.8. The summed E-state index contributed by atoms with van der Waals surface area (Å²) < 4.78 is 7.97. The van der Waals surface area contributed by atoms with Crippen LogP contribution in [0, 0.1) is 0 Å². The standard InChI is InChI=1S/C15H14N2O2S/c18-15-14-13(7-10-20-14)16-11-17(15)8-4-9-19-12-5-2-1-3-6-12/h1-3,5-7,10-11H,4,8-9H2. The second-order valence-electron chi connectivity index (χ2n) is 4.39. The van der Waals surface area contributed by atoms with Gasteiger partial charge >= 0.3 is 0 Å². The van der Waals surface area contributed by atoms with Gasteiger partial charge in [0.1, 0.15) is 10.4 Å². The number of aromatic nitrogens is 2. The molecule has 1 aromatic carbocycles. The van der Waals surface area contributed by atoms with Crippen molar-refractivity contribution in [2.75, 3.05) is 6.61 Å². The molecule has 0 fully saturated rings. The molecule has 0 spiro atoms. The van der Waals surface area contributed by atoms with Crippen LogP contribution in [0.5, 0.6) is 5.75 Å². The smallest absolute Gasteiger partial charge is 0.271 e. The van der Waals surface area contributed by atoms with Crippen molar-refractivity contribution in [1.82, 2.24) is 9.55 Å². The molecule has 3 aromatic rings. The van der Waals surface area contributed by atoms with Crippen molar-refractivity contribution in [2.45, 2.75) is 13.0 Å². The summed E-state index contributed by atoms with van der Waals surface area (Å²) >= 11 is 1.44. The average Bonchev–Trinajstić information content (AvgIpc) is 2.96. The SMILES string of the molecule is O=c1c2sccc2ncn1CCCOc1ccccc1. The third kappa shape index (κ3) is 2.72. The minimum atomic E-state index is 0.0321. The molecule has 20 heavy (non-hydrogen) atoms. The van der Waals surface area contributed by atoms with E-state index in [4.69, 9.17) is 4.74 Å². The predicted molar refractivity (Wildman–Crippen MR) is 80.4 cm³/mol. The minimum absolute atomic E-state index is 0.0321. The lowest BCUT2D eigenvalue weighted by Crippen LogP contribution is -2.20. The molecule has 0 aliphatic rings.